The second kappa shape index (κ2) is 8.15. The zero-order valence-electron chi connectivity index (χ0n) is 7.60. The summed E-state index contributed by atoms with van der Waals surface area (Å²) in [6.07, 6.45) is 6.44. The van der Waals surface area contributed by atoms with Gasteiger partial charge in [-0.15, -0.1) is 6.58 Å². The maximum Gasteiger partial charge on any atom is 0.00554 e. The number of rotatable bonds is 7. The molecule has 0 amide bonds. The van der Waals surface area contributed by atoms with Crippen molar-refractivity contribution >= 4 is 11.8 Å². The van der Waals surface area contributed by atoms with E-state index >= 15 is 0 Å². The fraction of sp³-hybridized carbons (Fsp3) is 0.778. The van der Waals surface area contributed by atoms with E-state index in [2.05, 4.69) is 25.1 Å². The molecular weight excluding hydrogens is 154 g/mol. The Hall–Kier alpha value is 0.0500. The van der Waals surface area contributed by atoms with Gasteiger partial charge in [0.1, 0.15) is 0 Å². The molecule has 0 aromatic carbocycles. The van der Waals surface area contributed by atoms with Gasteiger partial charge in [0.05, 0.1) is 0 Å². The largest absolute Gasteiger partial charge is 0.313 e. The van der Waals surface area contributed by atoms with E-state index in [0.717, 1.165) is 13.0 Å². The van der Waals surface area contributed by atoms with Gasteiger partial charge in [-0.2, -0.15) is 11.8 Å². The van der Waals surface area contributed by atoms with Gasteiger partial charge in [-0.05, 0) is 26.0 Å². The first-order valence-corrected chi connectivity index (χ1v) is 5.54. The number of nitrogens with one attached hydrogen (secondary N) is 1. The molecule has 0 aromatic rings. The molecule has 0 fully saturated rings. The van der Waals surface area contributed by atoms with Gasteiger partial charge in [0.2, 0.25) is 0 Å². The van der Waals surface area contributed by atoms with Crippen LogP contribution in [-0.4, -0.2) is 24.6 Å². The quantitative estimate of drug-likeness (QED) is 0.468. The maximum absolute atomic E-state index is 3.70. The molecule has 0 aliphatic heterocycles. The van der Waals surface area contributed by atoms with Crippen molar-refractivity contribution in [3.63, 3.8) is 0 Å². The first kappa shape index (κ1) is 11.1. The average Bonchev–Trinajstić information content (AvgIpc) is 2.01. The van der Waals surface area contributed by atoms with Gasteiger partial charge in [-0.1, -0.05) is 6.08 Å². The number of hydrogen-bond acceptors (Lipinski definition) is 2. The van der Waals surface area contributed by atoms with Crippen LogP contribution in [0, 0.1) is 0 Å². The maximum atomic E-state index is 3.70. The highest BCUT2D eigenvalue weighted by atomic mass is 32.2. The highest BCUT2D eigenvalue weighted by molar-refractivity contribution is 7.98. The van der Waals surface area contributed by atoms with Crippen LogP contribution in [0.3, 0.4) is 0 Å². The summed E-state index contributed by atoms with van der Waals surface area (Å²) in [7, 11) is 0. The van der Waals surface area contributed by atoms with E-state index in [-0.39, 0.29) is 0 Å². The molecule has 0 bridgehead atoms. The van der Waals surface area contributed by atoms with Gasteiger partial charge in [0, 0.05) is 18.3 Å². The highest BCUT2D eigenvalue weighted by Gasteiger charge is 1.97. The predicted molar refractivity (Wildman–Crippen MR) is 55.3 cm³/mol. The summed E-state index contributed by atoms with van der Waals surface area (Å²) in [6.45, 7) is 7.05. The van der Waals surface area contributed by atoms with Crippen molar-refractivity contribution < 1.29 is 0 Å². The lowest BCUT2D eigenvalue weighted by Crippen LogP contribution is -2.27. The predicted octanol–water partition coefficient (Wildman–Crippen LogP) is 2.29. The van der Waals surface area contributed by atoms with Gasteiger partial charge in [-0.25, -0.2) is 0 Å². The molecule has 66 valence electrons. The normalized spacial score (nSPS) is 12.9. The molecule has 0 saturated carbocycles. The number of thioether (sulfide) groups is 1. The van der Waals surface area contributed by atoms with Crippen LogP contribution in [-0.2, 0) is 0 Å². The Balaban J connectivity index is 3.08. The summed E-state index contributed by atoms with van der Waals surface area (Å²) in [5.41, 5.74) is 0. The summed E-state index contributed by atoms with van der Waals surface area (Å²) < 4.78 is 0. The average molecular weight is 173 g/mol. The zero-order valence-corrected chi connectivity index (χ0v) is 8.41. The number of allylic oxidation sites excluding steroid dienone is 1. The summed E-state index contributed by atoms with van der Waals surface area (Å²) in [6, 6.07) is 0.639. The fourth-order valence-electron chi connectivity index (χ4n) is 0.877. The monoisotopic (exact) mass is 173 g/mol. The molecule has 1 atom stereocenters. The minimum absolute atomic E-state index is 0.639. The standard InChI is InChI=1S/C9H19NS/c1-4-5-6-9(2)10-7-8-11-3/h4,9-10H,1,5-8H2,2-3H3. The van der Waals surface area contributed by atoms with Gasteiger partial charge in [0.25, 0.3) is 0 Å². The van der Waals surface area contributed by atoms with Crippen molar-refractivity contribution in [1.29, 1.82) is 0 Å². The minimum atomic E-state index is 0.639. The van der Waals surface area contributed by atoms with Crippen molar-refractivity contribution in [2.45, 2.75) is 25.8 Å². The van der Waals surface area contributed by atoms with Crippen LogP contribution in [0.25, 0.3) is 0 Å². The Morgan fingerprint density at radius 1 is 1.64 bits per heavy atom. The van der Waals surface area contributed by atoms with Crippen molar-refractivity contribution in [1.82, 2.24) is 5.32 Å². The van der Waals surface area contributed by atoms with E-state index in [1.807, 2.05) is 17.8 Å². The molecule has 0 radical (unpaired) electrons. The highest BCUT2D eigenvalue weighted by Crippen LogP contribution is 1.96. The first-order chi connectivity index (χ1) is 5.31. The Bertz CT molecular complexity index is 93.6. The molecule has 1 unspecified atom stereocenters. The molecule has 11 heavy (non-hydrogen) atoms. The van der Waals surface area contributed by atoms with Crippen LogP contribution in [0.2, 0.25) is 0 Å². The summed E-state index contributed by atoms with van der Waals surface area (Å²) in [5, 5.41) is 3.45. The molecule has 0 heterocycles. The summed E-state index contributed by atoms with van der Waals surface area (Å²) in [4.78, 5) is 0. The van der Waals surface area contributed by atoms with E-state index in [9.17, 15) is 0 Å². The minimum Gasteiger partial charge on any atom is -0.313 e. The summed E-state index contributed by atoms with van der Waals surface area (Å²) >= 11 is 1.88. The Morgan fingerprint density at radius 3 is 2.91 bits per heavy atom. The topological polar surface area (TPSA) is 12.0 Å². The SMILES string of the molecule is C=CCCC(C)NCCSC. The Morgan fingerprint density at radius 2 is 2.36 bits per heavy atom. The third-order valence-corrected chi connectivity index (χ3v) is 2.22. The molecule has 0 aliphatic carbocycles. The van der Waals surface area contributed by atoms with Gasteiger partial charge < -0.3 is 5.32 Å². The van der Waals surface area contributed by atoms with Crippen molar-refractivity contribution in [2.75, 3.05) is 18.6 Å². The lowest BCUT2D eigenvalue weighted by molar-refractivity contribution is 0.537. The lowest BCUT2D eigenvalue weighted by atomic mass is 10.2. The first-order valence-electron chi connectivity index (χ1n) is 4.14. The van der Waals surface area contributed by atoms with Crippen molar-refractivity contribution in [2.24, 2.45) is 0 Å². The second-order valence-electron chi connectivity index (χ2n) is 2.71. The molecule has 0 saturated heterocycles. The molecule has 0 aliphatic rings. The molecule has 0 aromatic heterocycles. The smallest absolute Gasteiger partial charge is 0.00554 e. The van der Waals surface area contributed by atoms with Gasteiger partial charge >= 0.3 is 0 Å². The van der Waals surface area contributed by atoms with Crippen LogP contribution in [0.4, 0.5) is 0 Å². The van der Waals surface area contributed by atoms with Crippen LogP contribution < -0.4 is 5.32 Å². The number of hydrogen-bond donors (Lipinski definition) is 1. The van der Waals surface area contributed by atoms with Gasteiger partial charge in [0.15, 0.2) is 0 Å². The van der Waals surface area contributed by atoms with Crippen LogP contribution in [0.5, 0.6) is 0 Å². The molecular formula is C9H19NS. The van der Waals surface area contributed by atoms with E-state index in [1.54, 1.807) is 0 Å². The second-order valence-corrected chi connectivity index (χ2v) is 3.70. The van der Waals surface area contributed by atoms with E-state index in [0.29, 0.717) is 6.04 Å². The zero-order chi connectivity index (χ0) is 8.53. The van der Waals surface area contributed by atoms with E-state index < -0.39 is 0 Å². The molecule has 2 heteroatoms. The Labute approximate surface area is 74.6 Å². The van der Waals surface area contributed by atoms with Crippen LogP contribution in [0.15, 0.2) is 12.7 Å². The van der Waals surface area contributed by atoms with E-state index in [4.69, 9.17) is 0 Å². The van der Waals surface area contributed by atoms with Crippen molar-refractivity contribution in [3.8, 4) is 0 Å². The molecule has 0 rings (SSSR count). The summed E-state index contributed by atoms with van der Waals surface area (Å²) in [5.74, 6) is 1.21. The third-order valence-electron chi connectivity index (χ3n) is 1.60. The van der Waals surface area contributed by atoms with Crippen LogP contribution in [0.1, 0.15) is 19.8 Å². The molecule has 0 spiro atoms. The van der Waals surface area contributed by atoms with Crippen LogP contribution >= 0.6 is 11.8 Å². The molecule has 1 nitrogen and oxygen atoms in total. The third kappa shape index (κ3) is 7.95. The fourth-order valence-corrected chi connectivity index (χ4v) is 1.20. The van der Waals surface area contributed by atoms with E-state index in [1.165, 1.54) is 12.2 Å². The lowest BCUT2D eigenvalue weighted by Gasteiger charge is -2.11. The molecule has 1 N–H and O–H groups in total. The van der Waals surface area contributed by atoms with Gasteiger partial charge in [-0.3, -0.25) is 0 Å². The van der Waals surface area contributed by atoms with Crippen molar-refractivity contribution in [3.05, 3.63) is 12.7 Å². The Kier molecular flexibility index (Phi) is 8.19.